The van der Waals surface area contributed by atoms with E-state index in [2.05, 4.69) is 20.9 Å². The van der Waals surface area contributed by atoms with Gasteiger partial charge < -0.3 is 9.64 Å². The summed E-state index contributed by atoms with van der Waals surface area (Å²) in [5.74, 6) is -0.0210. The number of carbonyl (C=O) groups excluding carboxylic acids is 1. The van der Waals surface area contributed by atoms with Crippen molar-refractivity contribution in [3.63, 3.8) is 0 Å². The van der Waals surface area contributed by atoms with Gasteiger partial charge in [0.2, 0.25) is 0 Å². The van der Waals surface area contributed by atoms with Gasteiger partial charge in [0.15, 0.2) is 0 Å². The van der Waals surface area contributed by atoms with Crippen LogP contribution in [-0.4, -0.2) is 41.6 Å². The lowest BCUT2D eigenvalue weighted by molar-refractivity contribution is 0.0573. The smallest absolute Gasteiger partial charge is 0.256 e. The number of nitrogens with zero attached hydrogens (tertiary/aromatic N) is 2. The lowest BCUT2D eigenvalue weighted by Gasteiger charge is -2.26. The highest BCUT2D eigenvalue weighted by molar-refractivity contribution is 9.10. The predicted molar refractivity (Wildman–Crippen MR) is 67.8 cm³/mol. The van der Waals surface area contributed by atoms with Crippen LogP contribution in [0.4, 0.5) is 0 Å². The second-order valence-electron chi connectivity index (χ2n) is 4.19. The number of pyridine rings is 1. The van der Waals surface area contributed by atoms with Gasteiger partial charge in [-0.25, -0.2) is 4.98 Å². The SMILES string of the molecule is CC1OCCC1N(C)C(=O)c1cccnc1Br. The van der Waals surface area contributed by atoms with Gasteiger partial charge in [-0.15, -0.1) is 0 Å². The first-order valence-electron chi connectivity index (χ1n) is 5.60. The zero-order chi connectivity index (χ0) is 12.4. The van der Waals surface area contributed by atoms with Gasteiger partial charge in [-0.1, -0.05) is 0 Å². The normalized spacial score (nSPS) is 23.7. The van der Waals surface area contributed by atoms with E-state index < -0.39 is 0 Å². The van der Waals surface area contributed by atoms with Crippen LogP contribution in [0.1, 0.15) is 23.7 Å². The highest BCUT2D eigenvalue weighted by Crippen LogP contribution is 2.22. The molecule has 0 radical (unpaired) electrons. The highest BCUT2D eigenvalue weighted by Gasteiger charge is 2.31. The van der Waals surface area contributed by atoms with Gasteiger partial charge in [-0.3, -0.25) is 4.79 Å². The molecule has 1 aliphatic rings. The first kappa shape index (κ1) is 12.5. The molecule has 1 fully saturated rings. The number of ether oxygens (including phenoxy) is 1. The van der Waals surface area contributed by atoms with Crippen molar-refractivity contribution in [1.29, 1.82) is 0 Å². The summed E-state index contributed by atoms with van der Waals surface area (Å²) in [6, 6.07) is 3.69. The van der Waals surface area contributed by atoms with E-state index in [-0.39, 0.29) is 18.1 Å². The van der Waals surface area contributed by atoms with Crippen molar-refractivity contribution in [3.8, 4) is 0 Å². The van der Waals surface area contributed by atoms with Crippen LogP contribution in [0, 0.1) is 0 Å². The van der Waals surface area contributed by atoms with E-state index in [0.717, 1.165) is 13.0 Å². The van der Waals surface area contributed by atoms with Gasteiger partial charge in [-0.2, -0.15) is 0 Å². The minimum atomic E-state index is -0.0210. The molecule has 92 valence electrons. The van der Waals surface area contributed by atoms with Crippen LogP contribution in [0.2, 0.25) is 0 Å². The van der Waals surface area contributed by atoms with Crippen molar-refractivity contribution in [2.45, 2.75) is 25.5 Å². The van der Waals surface area contributed by atoms with Crippen LogP contribution in [0.5, 0.6) is 0 Å². The largest absolute Gasteiger partial charge is 0.376 e. The maximum Gasteiger partial charge on any atom is 0.256 e. The van der Waals surface area contributed by atoms with Crippen molar-refractivity contribution in [1.82, 2.24) is 9.88 Å². The Balaban J connectivity index is 2.17. The van der Waals surface area contributed by atoms with E-state index >= 15 is 0 Å². The molecule has 0 aliphatic carbocycles. The predicted octanol–water partition coefficient (Wildman–Crippen LogP) is 2.09. The third-order valence-electron chi connectivity index (χ3n) is 3.14. The molecular weight excluding hydrogens is 284 g/mol. The van der Waals surface area contributed by atoms with E-state index in [1.54, 1.807) is 23.2 Å². The fourth-order valence-electron chi connectivity index (χ4n) is 2.12. The first-order chi connectivity index (χ1) is 8.11. The van der Waals surface area contributed by atoms with Crippen LogP contribution in [0.15, 0.2) is 22.9 Å². The quantitative estimate of drug-likeness (QED) is 0.785. The molecule has 5 heteroatoms. The van der Waals surface area contributed by atoms with Gasteiger partial charge in [0.25, 0.3) is 5.91 Å². The van der Waals surface area contributed by atoms with E-state index in [4.69, 9.17) is 4.74 Å². The molecule has 0 aromatic carbocycles. The Bertz CT molecular complexity index is 425. The number of likely N-dealkylation sites (N-methyl/N-ethyl adjacent to an activating group) is 1. The Morgan fingerprint density at radius 3 is 3.00 bits per heavy atom. The third-order valence-corrected chi connectivity index (χ3v) is 3.78. The molecule has 0 bridgehead atoms. The Labute approximate surface area is 109 Å². The number of halogens is 1. The number of hydrogen-bond acceptors (Lipinski definition) is 3. The Kier molecular flexibility index (Phi) is 3.79. The first-order valence-corrected chi connectivity index (χ1v) is 6.40. The third kappa shape index (κ3) is 2.50. The van der Waals surface area contributed by atoms with E-state index in [0.29, 0.717) is 10.2 Å². The van der Waals surface area contributed by atoms with Gasteiger partial charge in [0.05, 0.1) is 17.7 Å². The van der Waals surface area contributed by atoms with E-state index in [1.165, 1.54) is 0 Å². The average molecular weight is 299 g/mol. The Morgan fingerprint density at radius 2 is 2.41 bits per heavy atom. The fraction of sp³-hybridized carbons (Fsp3) is 0.500. The molecular formula is C12H15BrN2O2. The molecule has 0 N–H and O–H groups in total. The molecule has 2 rings (SSSR count). The van der Waals surface area contributed by atoms with Gasteiger partial charge in [-0.05, 0) is 41.4 Å². The van der Waals surface area contributed by atoms with Crippen molar-refractivity contribution in [2.75, 3.05) is 13.7 Å². The maximum atomic E-state index is 12.3. The summed E-state index contributed by atoms with van der Waals surface area (Å²) in [6.07, 6.45) is 2.64. The van der Waals surface area contributed by atoms with E-state index in [9.17, 15) is 4.79 Å². The molecule has 1 aliphatic heterocycles. The fourth-order valence-corrected chi connectivity index (χ4v) is 2.54. The van der Waals surface area contributed by atoms with Crippen molar-refractivity contribution < 1.29 is 9.53 Å². The standard InChI is InChI=1S/C12H15BrN2O2/c1-8-10(5-7-17-8)15(2)12(16)9-4-3-6-14-11(9)13/h3-4,6,8,10H,5,7H2,1-2H3. The monoisotopic (exact) mass is 298 g/mol. The molecule has 1 aromatic rings. The summed E-state index contributed by atoms with van der Waals surface area (Å²) in [4.78, 5) is 18.1. The maximum absolute atomic E-state index is 12.3. The van der Waals surface area contributed by atoms with Crippen LogP contribution in [-0.2, 0) is 4.74 Å². The molecule has 0 spiro atoms. The van der Waals surface area contributed by atoms with Gasteiger partial charge in [0, 0.05) is 19.9 Å². The van der Waals surface area contributed by atoms with Gasteiger partial charge >= 0.3 is 0 Å². The summed E-state index contributed by atoms with van der Waals surface area (Å²) in [6.45, 7) is 2.72. The number of rotatable bonds is 2. The summed E-state index contributed by atoms with van der Waals surface area (Å²) < 4.78 is 6.07. The topological polar surface area (TPSA) is 42.4 Å². The lowest BCUT2D eigenvalue weighted by Crippen LogP contribution is -2.41. The summed E-state index contributed by atoms with van der Waals surface area (Å²) in [7, 11) is 1.82. The molecule has 2 atom stereocenters. The molecule has 2 heterocycles. The molecule has 1 amide bonds. The van der Waals surface area contributed by atoms with Crippen molar-refractivity contribution in [2.24, 2.45) is 0 Å². The highest BCUT2D eigenvalue weighted by atomic mass is 79.9. The van der Waals surface area contributed by atoms with Crippen LogP contribution in [0.25, 0.3) is 0 Å². The molecule has 1 aromatic heterocycles. The number of amides is 1. The summed E-state index contributed by atoms with van der Waals surface area (Å²) in [5.41, 5.74) is 0.592. The van der Waals surface area contributed by atoms with Gasteiger partial charge in [0.1, 0.15) is 4.60 Å². The molecule has 0 saturated carbocycles. The number of aromatic nitrogens is 1. The molecule has 17 heavy (non-hydrogen) atoms. The van der Waals surface area contributed by atoms with Crippen LogP contribution >= 0.6 is 15.9 Å². The summed E-state index contributed by atoms with van der Waals surface area (Å²) >= 11 is 3.30. The van der Waals surface area contributed by atoms with Crippen LogP contribution < -0.4 is 0 Å². The lowest BCUT2D eigenvalue weighted by atomic mass is 10.1. The Hall–Kier alpha value is -0.940. The molecule has 1 saturated heterocycles. The summed E-state index contributed by atoms with van der Waals surface area (Å²) in [5, 5.41) is 0. The zero-order valence-corrected chi connectivity index (χ0v) is 11.5. The second-order valence-corrected chi connectivity index (χ2v) is 4.94. The zero-order valence-electron chi connectivity index (χ0n) is 9.89. The number of hydrogen-bond donors (Lipinski definition) is 0. The minimum Gasteiger partial charge on any atom is -0.376 e. The number of carbonyl (C=O) groups is 1. The van der Waals surface area contributed by atoms with Crippen molar-refractivity contribution in [3.05, 3.63) is 28.5 Å². The molecule has 4 nitrogen and oxygen atoms in total. The average Bonchev–Trinajstić information content (AvgIpc) is 2.74. The minimum absolute atomic E-state index is 0.0210. The molecule has 2 unspecified atom stereocenters. The van der Waals surface area contributed by atoms with Crippen molar-refractivity contribution >= 4 is 21.8 Å². The van der Waals surface area contributed by atoms with E-state index in [1.807, 2.05) is 14.0 Å². The van der Waals surface area contributed by atoms with Crippen LogP contribution in [0.3, 0.4) is 0 Å². The second kappa shape index (κ2) is 5.14. The Morgan fingerprint density at radius 1 is 1.65 bits per heavy atom.